The summed E-state index contributed by atoms with van der Waals surface area (Å²) in [6.07, 6.45) is 5.28. The maximum atomic E-state index is 5.39. The van der Waals surface area contributed by atoms with Crippen LogP contribution in [0.2, 0.25) is 0 Å². The van der Waals surface area contributed by atoms with Crippen LogP contribution in [0, 0.1) is 0 Å². The van der Waals surface area contributed by atoms with E-state index in [1.165, 1.54) is 31.2 Å². The van der Waals surface area contributed by atoms with Crippen molar-refractivity contribution in [1.29, 1.82) is 0 Å². The molecule has 0 unspecified atom stereocenters. The lowest BCUT2D eigenvalue weighted by molar-refractivity contribution is 0.174. The number of hydrogen-bond acceptors (Lipinski definition) is 3. The standard InChI is InChI=1S/C14H19NO2/c1-14(6-2-3-7-14)15-9-11-4-5-12-13(8-11)17-10-16-12/h4-5,8,15H,2-3,6-7,9-10H2,1H3. The summed E-state index contributed by atoms with van der Waals surface area (Å²) in [5, 5.41) is 3.67. The van der Waals surface area contributed by atoms with Crippen molar-refractivity contribution in [3.05, 3.63) is 23.8 Å². The summed E-state index contributed by atoms with van der Waals surface area (Å²) in [6, 6.07) is 6.18. The number of benzene rings is 1. The highest BCUT2D eigenvalue weighted by molar-refractivity contribution is 5.44. The summed E-state index contributed by atoms with van der Waals surface area (Å²) in [5.74, 6) is 1.74. The molecule has 1 aromatic carbocycles. The minimum Gasteiger partial charge on any atom is -0.454 e. The number of fused-ring (bicyclic) bond motifs is 1. The molecule has 17 heavy (non-hydrogen) atoms. The van der Waals surface area contributed by atoms with Gasteiger partial charge in [-0.3, -0.25) is 0 Å². The topological polar surface area (TPSA) is 30.5 Å². The van der Waals surface area contributed by atoms with Gasteiger partial charge in [0.05, 0.1) is 0 Å². The zero-order valence-electron chi connectivity index (χ0n) is 10.3. The maximum absolute atomic E-state index is 5.39. The van der Waals surface area contributed by atoms with Crippen LogP contribution in [0.4, 0.5) is 0 Å². The van der Waals surface area contributed by atoms with Crippen LogP contribution in [0.3, 0.4) is 0 Å². The van der Waals surface area contributed by atoms with E-state index in [-0.39, 0.29) is 0 Å². The second kappa shape index (κ2) is 4.22. The first kappa shape index (κ1) is 10.9. The van der Waals surface area contributed by atoms with Crippen molar-refractivity contribution >= 4 is 0 Å². The Morgan fingerprint density at radius 3 is 2.76 bits per heavy atom. The van der Waals surface area contributed by atoms with Gasteiger partial charge in [0.15, 0.2) is 11.5 Å². The van der Waals surface area contributed by atoms with Crippen LogP contribution in [0.15, 0.2) is 18.2 Å². The fourth-order valence-corrected chi connectivity index (χ4v) is 2.70. The van der Waals surface area contributed by atoms with Crippen molar-refractivity contribution in [2.75, 3.05) is 6.79 Å². The molecule has 1 aliphatic heterocycles. The fourth-order valence-electron chi connectivity index (χ4n) is 2.70. The molecule has 1 heterocycles. The number of ether oxygens (including phenoxy) is 2. The molecule has 1 fully saturated rings. The monoisotopic (exact) mass is 233 g/mol. The average Bonchev–Trinajstić information content (AvgIpc) is 2.95. The van der Waals surface area contributed by atoms with Gasteiger partial charge < -0.3 is 14.8 Å². The van der Waals surface area contributed by atoms with Gasteiger partial charge in [0.1, 0.15) is 0 Å². The van der Waals surface area contributed by atoms with E-state index in [1.54, 1.807) is 0 Å². The van der Waals surface area contributed by atoms with Gasteiger partial charge in [0.25, 0.3) is 0 Å². The Bertz CT molecular complexity index is 411. The lowest BCUT2D eigenvalue weighted by Gasteiger charge is -2.25. The highest BCUT2D eigenvalue weighted by Crippen LogP contribution is 2.33. The van der Waals surface area contributed by atoms with Gasteiger partial charge in [-0.2, -0.15) is 0 Å². The van der Waals surface area contributed by atoms with Crippen LogP contribution in [0.1, 0.15) is 38.2 Å². The van der Waals surface area contributed by atoms with Crippen LogP contribution in [-0.2, 0) is 6.54 Å². The van der Waals surface area contributed by atoms with Crippen LogP contribution in [0.5, 0.6) is 11.5 Å². The van der Waals surface area contributed by atoms with Crippen LogP contribution < -0.4 is 14.8 Å². The Hall–Kier alpha value is -1.22. The van der Waals surface area contributed by atoms with Gasteiger partial charge >= 0.3 is 0 Å². The van der Waals surface area contributed by atoms with Crippen molar-refractivity contribution in [1.82, 2.24) is 5.32 Å². The molecule has 0 saturated heterocycles. The Balaban J connectivity index is 1.65. The molecule has 0 aromatic heterocycles. The SMILES string of the molecule is CC1(NCc2ccc3c(c2)OCO3)CCCC1. The molecular weight excluding hydrogens is 214 g/mol. The van der Waals surface area contributed by atoms with Crippen molar-refractivity contribution in [3.8, 4) is 11.5 Å². The van der Waals surface area contributed by atoms with Gasteiger partial charge in [-0.1, -0.05) is 18.9 Å². The van der Waals surface area contributed by atoms with Crippen molar-refractivity contribution in [2.45, 2.75) is 44.7 Å². The van der Waals surface area contributed by atoms with Gasteiger partial charge in [-0.25, -0.2) is 0 Å². The molecule has 3 rings (SSSR count). The molecule has 0 bridgehead atoms. The smallest absolute Gasteiger partial charge is 0.231 e. The lowest BCUT2D eigenvalue weighted by atomic mass is 10.0. The molecule has 1 aromatic rings. The fraction of sp³-hybridized carbons (Fsp3) is 0.571. The molecule has 0 radical (unpaired) electrons. The minimum atomic E-state index is 0.330. The van der Waals surface area contributed by atoms with Crippen LogP contribution in [0.25, 0.3) is 0 Å². The molecule has 3 heteroatoms. The normalized spacial score (nSPS) is 20.8. The molecule has 2 aliphatic rings. The van der Waals surface area contributed by atoms with E-state index in [9.17, 15) is 0 Å². The van der Waals surface area contributed by atoms with Crippen LogP contribution in [-0.4, -0.2) is 12.3 Å². The first-order valence-electron chi connectivity index (χ1n) is 6.39. The maximum Gasteiger partial charge on any atom is 0.231 e. The predicted octanol–water partition coefficient (Wildman–Crippen LogP) is 2.84. The van der Waals surface area contributed by atoms with Gasteiger partial charge in [-0.05, 0) is 37.5 Å². The summed E-state index contributed by atoms with van der Waals surface area (Å²) in [7, 11) is 0. The van der Waals surface area contributed by atoms with Crippen molar-refractivity contribution < 1.29 is 9.47 Å². The van der Waals surface area contributed by atoms with Gasteiger partial charge in [-0.15, -0.1) is 0 Å². The summed E-state index contributed by atoms with van der Waals surface area (Å²) >= 11 is 0. The molecule has 92 valence electrons. The molecule has 0 spiro atoms. The van der Waals surface area contributed by atoms with E-state index in [1.807, 2.05) is 6.07 Å². The number of nitrogens with one attached hydrogen (secondary N) is 1. The second-order valence-corrected chi connectivity index (χ2v) is 5.31. The van der Waals surface area contributed by atoms with Crippen LogP contribution >= 0.6 is 0 Å². The first-order valence-corrected chi connectivity index (χ1v) is 6.39. The minimum absolute atomic E-state index is 0.330. The molecule has 0 atom stereocenters. The van der Waals surface area contributed by atoms with E-state index >= 15 is 0 Å². The third-order valence-corrected chi connectivity index (χ3v) is 3.86. The highest BCUT2D eigenvalue weighted by Gasteiger charge is 2.27. The summed E-state index contributed by atoms with van der Waals surface area (Å²) in [4.78, 5) is 0. The number of hydrogen-bond donors (Lipinski definition) is 1. The Morgan fingerprint density at radius 2 is 1.94 bits per heavy atom. The molecule has 1 N–H and O–H groups in total. The third kappa shape index (κ3) is 2.25. The zero-order valence-corrected chi connectivity index (χ0v) is 10.3. The molecule has 0 amide bonds. The first-order chi connectivity index (χ1) is 8.25. The molecule has 3 nitrogen and oxygen atoms in total. The van der Waals surface area contributed by atoms with E-state index < -0.39 is 0 Å². The van der Waals surface area contributed by atoms with E-state index in [2.05, 4.69) is 24.4 Å². The van der Waals surface area contributed by atoms with Gasteiger partial charge in [0.2, 0.25) is 6.79 Å². The third-order valence-electron chi connectivity index (χ3n) is 3.86. The van der Waals surface area contributed by atoms with Gasteiger partial charge in [0, 0.05) is 12.1 Å². The van der Waals surface area contributed by atoms with E-state index in [0.717, 1.165) is 18.0 Å². The molecular formula is C14H19NO2. The quantitative estimate of drug-likeness (QED) is 0.870. The molecule has 1 saturated carbocycles. The zero-order chi connectivity index (χ0) is 11.7. The second-order valence-electron chi connectivity index (χ2n) is 5.31. The summed E-state index contributed by atoms with van der Waals surface area (Å²) in [6.45, 7) is 3.59. The summed E-state index contributed by atoms with van der Waals surface area (Å²) < 4.78 is 10.7. The molecule has 1 aliphatic carbocycles. The highest BCUT2D eigenvalue weighted by atomic mass is 16.7. The Labute approximate surface area is 102 Å². The Morgan fingerprint density at radius 1 is 1.18 bits per heavy atom. The lowest BCUT2D eigenvalue weighted by Crippen LogP contribution is -2.38. The average molecular weight is 233 g/mol. The van der Waals surface area contributed by atoms with E-state index in [0.29, 0.717) is 12.3 Å². The predicted molar refractivity (Wildman–Crippen MR) is 66.3 cm³/mol. The number of rotatable bonds is 3. The van der Waals surface area contributed by atoms with Crippen molar-refractivity contribution in [3.63, 3.8) is 0 Å². The Kier molecular flexibility index (Phi) is 2.71. The van der Waals surface area contributed by atoms with Crippen molar-refractivity contribution in [2.24, 2.45) is 0 Å². The largest absolute Gasteiger partial charge is 0.454 e. The summed E-state index contributed by atoms with van der Waals surface area (Å²) in [5.41, 5.74) is 1.60. The van der Waals surface area contributed by atoms with E-state index in [4.69, 9.17) is 9.47 Å².